The van der Waals surface area contributed by atoms with Crippen LogP contribution < -0.4 is 15.0 Å². The highest BCUT2D eigenvalue weighted by Gasteiger charge is 2.26. The number of rotatable bonds is 2. The molecule has 0 unspecified atom stereocenters. The van der Waals surface area contributed by atoms with E-state index in [4.69, 9.17) is 4.74 Å². The van der Waals surface area contributed by atoms with Gasteiger partial charge in [-0.2, -0.15) is 0 Å². The van der Waals surface area contributed by atoms with E-state index in [1.807, 2.05) is 0 Å². The van der Waals surface area contributed by atoms with Crippen LogP contribution in [0.25, 0.3) is 0 Å². The van der Waals surface area contributed by atoms with Crippen molar-refractivity contribution in [3.63, 3.8) is 0 Å². The Labute approximate surface area is 124 Å². The monoisotopic (exact) mass is 291 g/mol. The van der Waals surface area contributed by atoms with Crippen LogP contribution in [0.15, 0.2) is 24.3 Å². The summed E-state index contributed by atoms with van der Waals surface area (Å²) in [5.41, 5.74) is 0.669. The second kappa shape index (κ2) is 7.08. The third-order valence-corrected chi connectivity index (χ3v) is 3.57. The molecule has 6 heteroatoms. The Kier molecular flexibility index (Phi) is 5.16. The fourth-order valence-electron chi connectivity index (χ4n) is 2.25. The molecule has 6 nitrogen and oxygen atoms in total. The summed E-state index contributed by atoms with van der Waals surface area (Å²) < 4.78 is 5.08. The molecule has 0 atom stereocenters. The normalized spacial score (nSPS) is 15.2. The minimum Gasteiger partial charge on any atom is -0.497 e. The van der Waals surface area contributed by atoms with E-state index in [0.717, 1.165) is 19.5 Å². The van der Waals surface area contributed by atoms with Gasteiger partial charge in [0, 0.05) is 32.4 Å². The van der Waals surface area contributed by atoms with Gasteiger partial charge in [-0.3, -0.25) is 9.59 Å². The first kappa shape index (κ1) is 15.3. The lowest BCUT2D eigenvalue weighted by Crippen LogP contribution is -2.45. The van der Waals surface area contributed by atoms with Gasteiger partial charge in [0.15, 0.2) is 0 Å². The molecular weight excluding hydrogens is 270 g/mol. The fraction of sp³-hybridized carbons (Fsp3) is 0.467. The molecule has 0 aromatic heterocycles. The fourth-order valence-corrected chi connectivity index (χ4v) is 2.25. The van der Waals surface area contributed by atoms with Crippen molar-refractivity contribution >= 4 is 17.5 Å². The van der Waals surface area contributed by atoms with Gasteiger partial charge in [0.2, 0.25) is 0 Å². The van der Waals surface area contributed by atoms with Gasteiger partial charge in [-0.25, -0.2) is 0 Å². The average molecular weight is 291 g/mol. The molecule has 1 aliphatic rings. The minimum atomic E-state index is -0.512. The summed E-state index contributed by atoms with van der Waals surface area (Å²) in [6.07, 6.45) is 0.866. The number of hydrogen-bond donors (Lipinski definition) is 1. The van der Waals surface area contributed by atoms with Crippen LogP contribution in [0, 0.1) is 0 Å². The standard InChI is InChI=1S/C15H21N3O3/c1-17(12-4-6-13(21-2)7-5-12)14(19)15(20)18-10-3-8-16-9-11-18/h4-7,16H,3,8-11H2,1-2H3. The van der Waals surface area contributed by atoms with Crippen molar-refractivity contribution in [2.24, 2.45) is 0 Å². The van der Waals surface area contributed by atoms with Crippen LogP contribution in [-0.2, 0) is 9.59 Å². The van der Waals surface area contributed by atoms with Crippen molar-refractivity contribution in [2.75, 3.05) is 45.2 Å². The molecule has 1 heterocycles. The van der Waals surface area contributed by atoms with Gasteiger partial charge in [0.25, 0.3) is 0 Å². The van der Waals surface area contributed by atoms with Gasteiger partial charge in [-0.05, 0) is 37.2 Å². The zero-order valence-corrected chi connectivity index (χ0v) is 12.5. The highest BCUT2D eigenvalue weighted by Crippen LogP contribution is 2.18. The van der Waals surface area contributed by atoms with Crippen molar-refractivity contribution in [1.82, 2.24) is 10.2 Å². The Bertz CT molecular complexity index is 493. The first-order valence-electron chi connectivity index (χ1n) is 7.05. The number of carbonyl (C=O) groups is 2. The van der Waals surface area contributed by atoms with Crippen molar-refractivity contribution in [3.8, 4) is 5.75 Å². The van der Waals surface area contributed by atoms with Crippen molar-refractivity contribution in [1.29, 1.82) is 0 Å². The topological polar surface area (TPSA) is 61.9 Å². The maximum atomic E-state index is 12.3. The van der Waals surface area contributed by atoms with E-state index in [1.54, 1.807) is 43.3 Å². The summed E-state index contributed by atoms with van der Waals surface area (Å²) in [6.45, 7) is 2.80. The molecule has 1 N–H and O–H groups in total. The molecule has 0 radical (unpaired) electrons. The zero-order chi connectivity index (χ0) is 15.2. The molecule has 1 aromatic rings. The van der Waals surface area contributed by atoms with Crippen LogP contribution in [0.3, 0.4) is 0 Å². The van der Waals surface area contributed by atoms with E-state index >= 15 is 0 Å². The third kappa shape index (κ3) is 3.72. The predicted molar refractivity (Wildman–Crippen MR) is 80.5 cm³/mol. The van der Waals surface area contributed by atoms with Crippen molar-refractivity contribution in [3.05, 3.63) is 24.3 Å². The summed E-state index contributed by atoms with van der Waals surface area (Å²) >= 11 is 0. The summed E-state index contributed by atoms with van der Waals surface area (Å²) in [4.78, 5) is 27.6. The van der Waals surface area contributed by atoms with Gasteiger partial charge >= 0.3 is 11.8 Å². The molecule has 0 bridgehead atoms. The molecule has 0 spiro atoms. The Hall–Kier alpha value is -2.08. The minimum absolute atomic E-state index is 0.447. The lowest BCUT2D eigenvalue weighted by molar-refractivity contribution is -0.144. The van der Waals surface area contributed by atoms with Gasteiger partial charge in [0.05, 0.1) is 7.11 Å². The molecule has 114 valence electrons. The third-order valence-electron chi connectivity index (χ3n) is 3.57. The number of likely N-dealkylation sites (N-methyl/N-ethyl adjacent to an activating group) is 1. The number of carbonyl (C=O) groups excluding carboxylic acids is 2. The highest BCUT2D eigenvalue weighted by atomic mass is 16.5. The maximum absolute atomic E-state index is 12.3. The molecule has 1 saturated heterocycles. The Morgan fingerprint density at radius 3 is 2.57 bits per heavy atom. The predicted octanol–water partition coefficient (Wildman–Crippen LogP) is 0.480. The Balaban J connectivity index is 2.04. The molecule has 0 saturated carbocycles. The van der Waals surface area contributed by atoms with Gasteiger partial charge in [-0.15, -0.1) is 0 Å². The number of amides is 2. The van der Waals surface area contributed by atoms with Gasteiger partial charge < -0.3 is 19.9 Å². The van der Waals surface area contributed by atoms with E-state index in [-0.39, 0.29) is 0 Å². The van der Waals surface area contributed by atoms with E-state index < -0.39 is 11.8 Å². The first-order valence-corrected chi connectivity index (χ1v) is 7.05. The number of anilines is 1. The number of methoxy groups -OCH3 is 1. The lowest BCUT2D eigenvalue weighted by Gasteiger charge is -2.23. The molecule has 21 heavy (non-hydrogen) atoms. The van der Waals surface area contributed by atoms with E-state index in [0.29, 0.717) is 24.5 Å². The summed E-state index contributed by atoms with van der Waals surface area (Å²) in [5, 5.41) is 3.21. The van der Waals surface area contributed by atoms with Crippen molar-refractivity contribution < 1.29 is 14.3 Å². The molecule has 2 rings (SSSR count). The number of nitrogens with zero attached hydrogens (tertiary/aromatic N) is 2. The summed E-state index contributed by atoms with van der Waals surface area (Å²) in [7, 11) is 3.19. The van der Waals surface area contributed by atoms with E-state index in [1.165, 1.54) is 4.90 Å². The van der Waals surface area contributed by atoms with Crippen LogP contribution in [0.1, 0.15) is 6.42 Å². The number of ether oxygens (including phenoxy) is 1. The van der Waals surface area contributed by atoms with E-state index in [2.05, 4.69) is 5.32 Å². The SMILES string of the molecule is COc1ccc(N(C)C(=O)C(=O)N2CCCNCC2)cc1. The Morgan fingerprint density at radius 1 is 1.19 bits per heavy atom. The van der Waals surface area contributed by atoms with Crippen LogP contribution in [0.4, 0.5) is 5.69 Å². The lowest BCUT2D eigenvalue weighted by atomic mass is 10.2. The molecule has 2 amide bonds. The molecule has 1 aromatic carbocycles. The summed E-state index contributed by atoms with van der Waals surface area (Å²) in [5.74, 6) is -0.247. The zero-order valence-electron chi connectivity index (χ0n) is 12.5. The van der Waals surface area contributed by atoms with Crippen molar-refractivity contribution in [2.45, 2.75) is 6.42 Å². The quantitative estimate of drug-likeness (QED) is 0.805. The second-order valence-corrected chi connectivity index (χ2v) is 4.96. The van der Waals surface area contributed by atoms with E-state index in [9.17, 15) is 9.59 Å². The molecule has 1 fully saturated rings. The number of nitrogens with one attached hydrogen (secondary N) is 1. The van der Waals surface area contributed by atoms with Crippen LogP contribution in [0.2, 0.25) is 0 Å². The number of hydrogen-bond acceptors (Lipinski definition) is 4. The average Bonchev–Trinajstić information content (AvgIpc) is 2.82. The van der Waals surface area contributed by atoms with Crippen LogP contribution in [0.5, 0.6) is 5.75 Å². The molecule has 1 aliphatic heterocycles. The van der Waals surface area contributed by atoms with Crippen LogP contribution >= 0.6 is 0 Å². The second-order valence-electron chi connectivity index (χ2n) is 4.96. The van der Waals surface area contributed by atoms with Gasteiger partial charge in [-0.1, -0.05) is 0 Å². The van der Waals surface area contributed by atoms with Gasteiger partial charge in [0.1, 0.15) is 5.75 Å². The highest BCUT2D eigenvalue weighted by molar-refractivity contribution is 6.40. The summed E-state index contributed by atoms with van der Waals surface area (Å²) in [6, 6.07) is 7.04. The number of benzene rings is 1. The smallest absolute Gasteiger partial charge is 0.316 e. The maximum Gasteiger partial charge on any atom is 0.316 e. The Morgan fingerprint density at radius 2 is 1.90 bits per heavy atom. The first-order chi connectivity index (χ1) is 10.1. The molecule has 0 aliphatic carbocycles. The largest absolute Gasteiger partial charge is 0.497 e. The van der Waals surface area contributed by atoms with Crippen LogP contribution in [-0.4, -0.2) is 57.1 Å². The molecular formula is C15H21N3O3.